The van der Waals surface area contributed by atoms with E-state index in [1.165, 1.54) is 12.4 Å². The molecule has 1 aromatic heterocycles. The van der Waals surface area contributed by atoms with Crippen molar-refractivity contribution in [3.63, 3.8) is 0 Å². The van der Waals surface area contributed by atoms with Gasteiger partial charge < -0.3 is 5.32 Å². The van der Waals surface area contributed by atoms with Gasteiger partial charge in [-0.15, -0.1) is 0 Å². The average molecular weight is 246 g/mol. The van der Waals surface area contributed by atoms with E-state index in [4.69, 9.17) is 11.6 Å². The van der Waals surface area contributed by atoms with Crippen LogP contribution in [0, 0.1) is 0 Å². The molecule has 1 amide bonds. The van der Waals surface area contributed by atoms with E-state index < -0.39 is 0 Å². The highest BCUT2D eigenvalue weighted by Crippen LogP contribution is 2.02. The molecule has 0 saturated carbocycles. The Morgan fingerprint density at radius 2 is 2.40 bits per heavy atom. The summed E-state index contributed by atoms with van der Waals surface area (Å²) in [5.74, 6) is 0.799. The number of thioether (sulfide) groups is 1. The van der Waals surface area contributed by atoms with E-state index in [1.807, 2.05) is 6.26 Å². The first kappa shape index (κ1) is 12.3. The first-order chi connectivity index (χ1) is 7.24. The summed E-state index contributed by atoms with van der Waals surface area (Å²) < 4.78 is 0. The van der Waals surface area contributed by atoms with Gasteiger partial charge in [-0.2, -0.15) is 11.8 Å². The molecule has 0 aliphatic heterocycles. The molecule has 4 nitrogen and oxygen atoms in total. The Balaban J connectivity index is 2.40. The number of hydrogen-bond donors (Lipinski definition) is 1. The van der Waals surface area contributed by atoms with Crippen molar-refractivity contribution in [2.45, 2.75) is 6.42 Å². The van der Waals surface area contributed by atoms with Gasteiger partial charge in [0.25, 0.3) is 5.91 Å². The second kappa shape index (κ2) is 6.63. The van der Waals surface area contributed by atoms with Crippen LogP contribution >= 0.6 is 23.4 Å². The minimum Gasteiger partial charge on any atom is -0.351 e. The molecule has 1 rings (SSSR count). The lowest BCUT2D eigenvalue weighted by atomic mass is 10.4. The van der Waals surface area contributed by atoms with E-state index in [2.05, 4.69) is 15.3 Å². The number of carbonyl (C=O) groups excluding carboxylic acids is 1. The predicted octanol–water partition coefficient (Wildman–Crippen LogP) is 1.61. The molecule has 0 aliphatic rings. The lowest BCUT2D eigenvalue weighted by molar-refractivity contribution is 0.0948. The number of amides is 1. The molecule has 0 atom stereocenters. The lowest BCUT2D eigenvalue weighted by Gasteiger charge is -2.03. The summed E-state index contributed by atoms with van der Waals surface area (Å²) in [6, 6.07) is 0. The SMILES string of the molecule is CSCCCNC(=O)c1cncc(Cl)n1. The fourth-order valence-electron chi connectivity index (χ4n) is 0.961. The molecule has 0 unspecified atom stereocenters. The van der Waals surface area contributed by atoms with Crippen LogP contribution in [0.25, 0.3) is 0 Å². The Kier molecular flexibility index (Phi) is 5.42. The normalized spacial score (nSPS) is 10.0. The van der Waals surface area contributed by atoms with Crippen LogP contribution < -0.4 is 5.32 Å². The Bertz CT molecular complexity index is 335. The first-order valence-corrected chi connectivity index (χ1v) is 6.26. The van der Waals surface area contributed by atoms with Crippen molar-refractivity contribution in [1.82, 2.24) is 15.3 Å². The smallest absolute Gasteiger partial charge is 0.271 e. The number of halogens is 1. The van der Waals surface area contributed by atoms with Gasteiger partial charge in [0.15, 0.2) is 0 Å². The van der Waals surface area contributed by atoms with E-state index >= 15 is 0 Å². The van der Waals surface area contributed by atoms with Gasteiger partial charge in [0.1, 0.15) is 10.8 Å². The lowest BCUT2D eigenvalue weighted by Crippen LogP contribution is -2.25. The third-order valence-corrected chi connectivity index (χ3v) is 2.53. The van der Waals surface area contributed by atoms with Crippen LogP contribution in [0.2, 0.25) is 5.15 Å². The largest absolute Gasteiger partial charge is 0.351 e. The van der Waals surface area contributed by atoms with Gasteiger partial charge in [-0.3, -0.25) is 9.78 Å². The van der Waals surface area contributed by atoms with Crippen molar-refractivity contribution in [2.75, 3.05) is 18.6 Å². The molecule has 0 saturated heterocycles. The Morgan fingerprint density at radius 1 is 1.60 bits per heavy atom. The van der Waals surface area contributed by atoms with Crippen LogP contribution in [-0.4, -0.2) is 34.4 Å². The van der Waals surface area contributed by atoms with Crippen molar-refractivity contribution in [3.8, 4) is 0 Å². The number of nitrogens with zero attached hydrogens (tertiary/aromatic N) is 2. The Morgan fingerprint density at radius 3 is 3.07 bits per heavy atom. The Labute approximate surface area is 97.8 Å². The second-order valence-corrected chi connectivity index (χ2v) is 4.20. The van der Waals surface area contributed by atoms with Crippen LogP contribution in [0.1, 0.15) is 16.9 Å². The highest BCUT2D eigenvalue weighted by molar-refractivity contribution is 7.98. The molecule has 0 aliphatic carbocycles. The van der Waals surface area contributed by atoms with Crippen molar-refractivity contribution >= 4 is 29.3 Å². The molecular weight excluding hydrogens is 234 g/mol. The van der Waals surface area contributed by atoms with Crippen LogP contribution in [-0.2, 0) is 0 Å². The predicted molar refractivity (Wildman–Crippen MR) is 62.4 cm³/mol. The van der Waals surface area contributed by atoms with Gasteiger partial charge in [0.05, 0.1) is 12.4 Å². The van der Waals surface area contributed by atoms with Crippen LogP contribution in [0.3, 0.4) is 0 Å². The summed E-state index contributed by atoms with van der Waals surface area (Å²) in [6.07, 6.45) is 5.77. The summed E-state index contributed by atoms with van der Waals surface area (Å²) in [4.78, 5) is 19.1. The minimum absolute atomic E-state index is 0.228. The zero-order valence-corrected chi connectivity index (χ0v) is 9.94. The maximum atomic E-state index is 11.5. The molecule has 1 N–H and O–H groups in total. The molecule has 82 valence electrons. The zero-order chi connectivity index (χ0) is 11.1. The van der Waals surface area contributed by atoms with E-state index in [-0.39, 0.29) is 16.8 Å². The van der Waals surface area contributed by atoms with Gasteiger partial charge in [-0.1, -0.05) is 11.6 Å². The highest BCUT2D eigenvalue weighted by Gasteiger charge is 2.06. The second-order valence-electron chi connectivity index (χ2n) is 2.83. The molecular formula is C9H12ClN3OS. The van der Waals surface area contributed by atoms with E-state index in [0.29, 0.717) is 6.54 Å². The molecule has 0 bridgehead atoms. The van der Waals surface area contributed by atoms with Gasteiger partial charge in [-0.25, -0.2) is 4.98 Å². The number of carbonyl (C=O) groups is 1. The standard InChI is InChI=1S/C9H12ClN3OS/c1-15-4-2-3-12-9(14)7-5-11-6-8(10)13-7/h5-6H,2-4H2,1H3,(H,12,14). The summed E-state index contributed by atoms with van der Waals surface area (Å²) in [6.45, 7) is 0.647. The van der Waals surface area contributed by atoms with E-state index in [1.54, 1.807) is 11.8 Å². The molecule has 1 heterocycles. The van der Waals surface area contributed by atoms with Gasteiger partial charge in [0, 0.05) is 6.54 Å². The molecule has 0 spiro atoms. The maximum absolute atomic E-state index is 11.5. The molecule has 0 aromatic carbocycles. The summed E-state index contributed by atoms with van der Waals surface area (Å²) in [5.41, 5.74) is 0.256. The van der Waals surface area contributed by atoms with Crippen LogP contribution in [0.5, 0.6) is 0 Å². The molecule has 0 fully saturated rings. The summed E-state index contributed by atoms with van der Waals surface area (Å²) in [7, 11) is 0. The minimum atomic E-state index is -0.230. The first-order valence-electron chi connectivity index (χ1n) is 4.48. The monoisotopic (exact) mass is 245 g/mol. The highest BCUT2D eigenvalue weighted by atomic mass is 35.5. The zero-order valence-electron chi connectivity index (χ0n) is 8.36. The molecule has 0 radical (unpaired) electrons. The van der Waals surface area contributed by atoms with Crippen LogP contribution in [0.4, 0.5) is 0 Å². The third-order valence-electron chi connectivity index (χ3n) is 1.65. The summed E-state index contributed by atoms with van der Waals surface area (Å²) in [5, 5.41) is 2.98. The van der Waals surface area contributed by atoms with Gasteiger partial charge in [0.2, 0.25) is 0 Å². The number of rotatable bonds is 5. The van der Waals surface area contributed by atoms with Crippen molar-refractivity contribution in [1.29, 1.82) is 0 Å². The van der Waals surface area contributed by atoms with Gasteiger partial charge in [-0.05, 0) is 18.4 Å². The number of nitrogens with one attached hydrogen (secondary N) is 1. The van der Waals surface area contributed by atoms with Crippen LogP contribution in [0.15, 0.2) is 12.4 Å². The topological polar surface area (TPSA) is 54.9 Å². The van der Waals surface area contributed by atoms with Gasteiger partial charge >= 0.3 is 0 Å². The third kappa shape index (κ3) is 4.48. The molecule has 1 aromatic rings. The average Bonchev–Trinajstić information content (AvgIpc) is 2.24. The van der Waals surface area contributed by atoms with E-state index in [0.717, 1.165) is 12.2 Å². The molecule has 6 heteroatoms. The quantitative estimate of drug-likeness (QED) is 0.801. The Hall–Kier alpha value is -0.810. The van der Waals surface area contributed by atoms with Crippen molar-refractivity contribution in [2.24, 2.45) is 0 Å². The van der Waals surface area contributed by atoms with Crippen molar-refractivity contribution < 1.29 is 4.79 Å². The maximum Gasteiger partial charge on any atom is 0.271 e. The summed E-state index contributed by atoms with van der Waals surface area (Å²) >= 11 is 7.37. The fourth-order valence-corrected chi connectivity index (χ4v) is 1.54. The fraction of sp³-hybridized carbons (Fsp3) is 0.444. The van der Waals surface area contributed by atoms with E-state index in [9.17, 15) is 4.79 Å². The van der Waals surface area contributed by atoms with Crippen molar-refractivity contribution in [3.05, 3.63) is 23.2 Å². The number of aromatic nitrogens is 2. The molecule has 15 heavy (non-hydrogen) atoms. The number of hydrogen-bond acceptors (Lipinski definition) is 4.